The minimum atomic E-state index is -0.394. The molecule has 0 unspecified atom stereocenters. The van der Waals surface area contributed by atoms with Gasteiger partial charge < -0.3 is 5.32 Å². The quantitative estimate of drug-likeness (QED) is 0.881. The number of hydrogen-bond donors (Lipinski definition) is 1. The highest BCUT2D eigenvalue weighted by Crippen LogP contribution is 2.16. The molecule has 0 aliphatic carbocycles. The van der Waals surface area contributed by atoms with E-state index in [0.717, 1.165) is 11.8 Å². The van der Waals surface area contributed by atoms with Gasteiger partial charge in [0.25, 0.3) is 0 Å². The molecule has 1 N–H and O–H groups in total. The van der Waals surface area contributed by atoms with Gasteiger partial charge in [0.05, 0.1) is 11.9 Å². The molecular weight excluding hydrogens is 222 g/mol. The summed E-state index contributed by atoms with van der Waals surface area (Å²) in [7, 11) is 0. The highest BCUT2D eigenvalue weighted by atomic mass is 19.1. The van der Waals surface area contributed by atoms with Gasteiger partial charge in [-0.1, -0.05) is 6.07 Å². The molecule has 0 spiro atoms. The Kier molecular flexibility index (Phi) is 3.32. The van der Waals surface area contributed by atoms with Gasteiger partial charge in [-0.2, -0.15) is 0 Å². The first-order valence-corrected chi connectivity index (χ1v) is 5.24. The molecule has 2 rings (SSSR count). The van der Waals surface area contributed by atoms with Gasteiger partial charge >= 0.3 is 0 Å². The van der Waals surface area contributed by atoms with Crippen LogP contribution in [0.2, 0.25) is 0 Å². The van der Waals surface area contributed by atoms with Crippen LogP contribution in [0.1, 0.15) is 11.1 Å². The minimum Gasteiger partial charge on any atom is -0.379 e. The fourth-order valence-corrected chi connectivity index (χ4v) is 1.52. The fraction of sp³-hybridized carbons (Fsp3) is 0.154. The normalized spacial score (nSPS) is 10.3. The van der Waals surface area contributed by atoms with Crippen LogP contribution < -0.4 is 5.32 Å². The smallest absolute Gasteiger partial charge is 0.146 e. The molecule has 2 nitrogen and oxygen atoms in total. The van der Waals surface area contributed by atoms with Crippen molar-refractivity contribution in [2.24, 2.45) is 0 Å². The lowest BCUT2D eigenvalue weighted by Crippen LogP contribution is -2.02. The lowest BCUT2D eigenvalue weighted by molar-refractivity contribution is 0.618. The van der Waals surface area contributed by atoms with Crippen molar-refractivity contribution in [3.8, 4) is 0 Å². The summed E-state index contributed by atoms with van der Waals surface area (Å²) in [6.45, 7) is 2.22. The number of aryl methyl sites for hydroxylation is 1. The van der Waals surface area contributed by atoms with Crippen molar-refractivity contribution in [3.63, 3.8) is 0 Å². The van der Waals surface area contributed by atoms with Gasteiger partial charge in [-0.05, 0) is 36.2 Å². The summed E-state index contributed by atoms with van der Waals surface area (Å²) in [4.78, 5) is 3.73. The summed E-state index contributed by atoms with van der Waals surface area (Å²) in [6.07, 6.45) is 2.68. The maximum atomic E-state index is 13.4. The third-order valence-corrected chi connectivity index (χ3v) is 2.37. The Balaban J connectivity index is 2.09. The Morgan fingerprint density at radius 2 is 2.00 bits per heavy atom. The van der Waals surface area contributed by atoms with E-state index in [1.807, 2.05) is 6.92 Å². The number of nitrogens with zero attached hydrogens (tertiary/aromatic N) is 1. The summed E-state index contributed by atoms with van der Waals surface area (Å²) in [5.74, 6) is -0.714. The molecule has 0 saturated carbocycles. The zero-order valence-electron chi connectivity index (χ0n) is 9.37. The average molecular weight is 234 g/mol. The SMILES string of the molecule is Cc1ccc(F)c(NCc2cncc(F)c2)c1. The number of anilines is 1. The van der Waals surface area contributed by atoms with Gasteiger partial charge in [0.15, 0.2) is 0 Å². The maximum absolute atomic E-state index is 13.4. The van der Waals surface area contributed by atoms with Crippen molar-refractivity contribution in [1.29, 1.82) is 0 Å². The van der Waals surface area contributed by atoms with Crippen LogP contribution in [0, 0.1) is 18.6 Å². The van der Waals surface area contributed by atoms with E-state index in [0.29, 0.717) is 17.8 Å². The zero-order chi connectivity index (χ0) is 12.3. The minimum absolute atomic E-state index is 0.319. The van der Waals surface area contributed by atoms with Crippen molar-refractivity contribution in [3.05, 3.63) is 59.4 Å². The second-order valence-corrected chi connectivity index (χ2v) is 3.85. The third kappa shape index (κ3) is 3.00. The molecule has 1 aromatic carbocycles. The predicted octanol–water partition coefficient (Wildman–Crippen LogP) is 3.28. The molecule has 1 heterocycles. The summed E-state index contributed by atoms with van der Waals surface area (Å²) in [6, 6.07) is 6.18. The number of benzene rings is 1. The van der Waals surface area contributed by atoms with Crippen LogP contribution in [0.15, 0.2) is 36.7 Å². The van der Waals surface area contributed by atoms with E-state index in [2.05, 4.69) is 10.3 Å². The van der Waals surface area contributed by atoms with Gasteiger partial charge in [0.2, 0.25) is 0 Å². The summed E-state index contributed by atoms with van der Waals surface area (Å²) in [5.41, 5.74) is 2.05. The first-order valence-electron chi connectivity index (χ1n) is 5.24. The van der Waals surface area contributed by atoms with Crippen molar-refractivity contribution >= 4 is 5.69 Å². The molecule has 0 amide bonds. The number of hydrogen-bond acceptors (Lipinski definition) is 2. The number of aromatic nitrogens is 1. The molecule has 4 heteroatoms. The van der Waals surface area contributed by atoms with Crippen LogP contribution >= 0.6 is 0 Å². The van der Waals surface area contributed by atoms with Gasteiger partial charge in [-0.25, -0.2) is 8.78 Å². The van der Waals surface area contributed by atoms with Crippen molar-refractivity contribution in [2.75, 3.05) is 5.32 Å². The highest BCUT2D eigenvalue weighted by molar-refractivity contribution is 5.47. The van der Waals surface area contributed by atoms with Crippen molar-refractivity contribution in [2.45, 2.75) is 13.5 Å². The van der Waals surface area contributed by atoms with Crippen LogP contribution in [0.4, 0.5) is 14.5 Å². The third-order valence-electron chi connectivity index (χ3n) is 2.37. The molecule has 1 aromatic heterocycles. The molecule has 17 heavy (non-hydrogen) atoms. The van der Waals surface area contributed by atoms with Gasteiger partial charge in [0.1, 0.15) is 11.6 Å². The van der Waals surface area contributed by atoms with Crippen LogP contribution in [-0.4, -0.2) is 4.98 Å². The molecule has 0 saturated heterocycles. The van der Waals surface area contributed by atoms with Crippen molar-refractivity contribution < 1.29 is 8.78 Å². The van der Waals surface area contributed by atoms with Gasteiger partial charge in [0, 0.05) is 12.7 Å². The Labute approximate surface area is 98.3 Å². The Bertz CT molecular complexity index is 527. The molecule has 0 atom stereocenters. The Morgan fingerprint density at radius 1 is 1.18 bits per heavy atom. The fourth-order valence-electron chi connectivity index (χ4n) is 1.52. The molecule has 0 aliphatic rings. The average Bonchev–Trinajstić information content (AvgIpc) is 2.30. The van der Waals surface area contributed by atoms with E-state index in [1.54, 1.807) is 18.3 Å². The number of pyridine rings is 1. The lowest BCUT2D eigenvalue weighted by atomic mass is 10.2. The van der Waals surface area contributed by atoms with Crippen molar-refractivity contribution in [1.82, 2.24) is 4.98 Å². The first kappa shape index (κ1) is 11.5. The van der Waals surface area contributed by atoms with Crippen LogP contribution in [0.3, 0.4) is 0 Å². The van der Waals surface area contributed by atoms with Crippen LogP contribution in [0.25, 0.3) is 0 Å². The van der Waals surface area contributed by atoms with E-state index in [1.165, 1.54) is 12.1 Å². The molecule has 0 radical (unpaired) electrons. The molecular formula is C13H12F2N2. The number of nitrogens with one attached hydrogen (secondary N) is 1. The topological polar surface area (TPSA) is 24.9 Å². The summed E-state index contributed by atoms with van der Waals surface area (Å²) >= 11 is 0. The standard InChI is InChI=1S/C13H12F2N2/c1-9-2-3-12(15)13(4-9)17-7-10-5-11(14)8-16-6-10/h2-6,8,17H,7H2,1H3. The lowest BCUT2D eigenvalue weighted by Gasteiger charge is -2.08. The van der Waals surface area contributed by atoms with E-state index in [4.69, 9.17) is 0 Å². The van der Waals surface area contributed by atoms with Gasteiger partial charge in [-0.15, -0.1) is 0 Å². The second-order valence-electron chi connectivity index (χ2n) is 3.85. The Morgan fingerprint density at radius 3 is 2.76 bits per heavy atom. The summed E-state index contributed by atoms with van der Waals surface area (Å²) in [5, 5.41) is 2.92. The molecule has 88 valence electrons. The summed E-state index contributed by atoms with van der Waals surface area (Å²) < 4.78 is 26.3. The number of halogens is 2. The molecule has 0 fully saturated rings. The zero-order valence-corrected chi connectivity index (χ0v) is 9.37. The van der Waals surface area contributed by atoms with Gasteiger partial charge in [-0.3, -0.25) is 4.98 Å². The predicted molar refractivity (Wildman–Crippen MR) is 62.7 cm³/mol. The van der Waals surface area contributed by atoms with E-state index >= 15 is 0 Å². The number of rotatable bonds is 3. The molecule has 0 aliphatic heterocycles. The van der Waals surface area contributed by atoms with E-state index < -0.39 is 5.82 Å². The van der Waals surface area contributed by atoms with Crippen LogP contribution in [-0.2, 0) is 6.54 Å². The van der Waals surface area contributed by atoms with E-state index in [-0.39, 0.29) is 5.82 Å². The monoisotopic (exact) mass is 234 g/mol. The molecule has 2 aromatic rings. The van der Waals surface area contributed by atoms with Crippen LogP contribution in [0.5, 0.6) is 0 Å². The molecule has 0 bridgehead atoms. The first-order chi connectivity index (χ1) is 8.15. The van der Waals surface area contributed by atoms with E-state index in [9.17, 15) is 8.78 Å². The largest absolute Gasteiger partial charge is 0.379 e. The highest BCUT2D eigenvalue weighted by Gasteiger charge is 2.02. The Hall–Kier alpha value is -1.97. The second kappa shape index (κ2) is 4.91. The maximum Gasteiger partial charge on any atom is 0.146 e.